The first-order valence-corrected chi connectivity index (χ1v) is 6.32. The second-order valence-electron chi connectivity index (χ2n) is 5.97. The second-order valence-corrected chi connectivity index (χ2v) is 5.97. The molecule has 0 saturated heterocycles. The van der Waals surface area contributed by atoms with Crippen LogP contribution in [0.5, 0.6) is 0 Å². The smallest absolute Gasteiger partial charge is 0.0678 e. The first-order chi connectivity index (χ1) is 6.60. The maximum Gasteiger partial charge on any atom is 0.0678 e. The average molecular weight is 196 g/mol. The highest BCUT2D eigenvalue weighted by atomic mass is 16.3. The topological polar surface area (TPSA) is 20.2 Å². The maximum atomic E-state index is 10.5. The molecule has 0 amide bonds. The minimum absolute atomic E-state index is 0.252. The highest BCUT2D eigenvalue weighted by Gasteiger charge is 2.49. The molecular formula is C13H24O. The molecule has 3 atom stereocenters. The molecule has 1 nitrogen and oxygen atoms in total. The molecule has 2 aliphatic carbocycles. The van der Waals surface area contributed by atoms with Crippen LogP contribution in [-0.2, 0) is 0 Å². The molecule has 0 aromatic heterocycles. The Morgan fingerprint density at radius 2 is 2.14 bits per heavy atom. The van der Waals surface area contributed by atoms with E-state index in [1.54, 1.807) is 0 Å². The zero-order chi connectivity index (χ0) is 10.2. The molecule has 0 aromatic rings. The van der Waals surface area contributed by atoms with Crippen molar-refractivity contribution in [3.63, 3.8) is 0 Å². The molecular weight excluding hydrogens is 172 g/mol. The van der Waals surface area contributed by atoms with Gasteiger partial charge in [-0.25, -0.2) is 0 Å². The van der Waals surface area contributed by atoms with E-state index in [4.69, 9.17) is 0 Å². The lowest BCUT2D eigenvalue weighted by Crippen LogP contribution is -2.34. The van der Waals surface area contributed by atoms with E-state index < -0.39 is 0 Å². The fourth-order valence-electron chi connectivity index (χ4n) is 3.54. The molecule has 2 rings (SSSR count). The lowest BCUT2D eigenvalue weighted by molar-refractivity contribution is -0.0229. The Morgan fingerprint density at radius 1 is 1.36 bits per heavy atom. The number of aliphatic hydroxyl groups is 1. The summed E-state index contributed by atoms with van der Waals surface area (Å²) in [5, 5.41) is 10.5. The molecule has 1 heteroatoms. The predicted molar refractivity (Wildman–Crippen MR) is 59.1 cm³/mol. The molecule has 2 saturated carbocycles. The van der Waals surface area contributed by atoms with Gasteiger partial charge in [0.1, 0.15) is 0 Å². The van der Waals surface area contributed by atoms with Gasteiger partial charge < -0.3 is 5.11 Å². The van der Waals surface area contributed by atoms with Crippen molar-refractivity contribution in [2.24, 2.45) is 17.8 Å². The monoisotopic (exact) mass is 196 g/mol. The molecule has 2 fully saturated rings. The van der Waals surface area contributed by atoms with Crippen LogP contribution in [0.15, 0.2) is 0 Å². The largest absolute Gasteiger partial charge is 0.390 e. The first kappa shape index (κ1) is 10.5. The van der Waals surface area contributed by atoms with Crippen molar-refractivity contribution in [1.82, 2.24) is 0 Å². The maximum absolute atomic E-state index is 10.5. The Hall–Kier alpha value is -0.0400. The van der Waals surface area contributed by atoms with Crippen molar-refractivity contribution >= 4 is 0 Å². The van der Waals surface area contributed by atoms with Gasteiger partial charge in [0.15, 0.2) is 0 Å². The zero-order valence-corrected chi connectivity index (χ0v) is 9.63. The minimum atomic E-state index is -0.252. The van der Waals surface area contributed by atoms with Crippen LogP contribution in [0.2, 0.25) is 0 Å². The van der Waals surface area contributed by atoms with Crippen molar-refractivity contribution < 1.29 is 5.11 Å². The molecule has 0 spiro atoms. The Morgan fingerprint density at radius 3 is 2.64 bits per heavy atom. The zero-order valence-electron chi connectivity index (χ0n) is 9.63. The van der Waals surface area contributed by atoms with Crippen LogP contribution in [0, 0.1) is 17.8 Å². The van der Waals surface area contributed by atoms with Gasteiger partial charge in [-0.3, -0.25) is 0 Å². The Balaban J connectivity index is 1.79. The van der Waals surface area contributed by atoms with Gasteiger partial charge in [-0.2, -0.15) is 0 Å². The van der Waals surface area contributed by atoms with Crippen LogP contribution in [0.25, 0.3) is 0 Å². The van der Waals surface area contributed by atoms with Crippen LogP contribution >= 0.6 is 0 Å². The van der Waals surface area contributed by atoms with Crippen molar-refractivity contribution in [1.29, 1.82) is 0 Å². The highest BCUT2D eigenvalue weighted by Crippen LogP contribution is 2.52. The van der Waals surface area contributed by atoms with Crippen molar-refractivity contribution in [3.8, 4) is 0 Å². The summed E-state index contributed by atoms with van der Waals surface area (Å²) in [4.78, 5) is 0. The highest BCUT2D eigenvalue weighted by molar-refractivity contribution is 5.00. The minimum Gasteiger partial charge on any atom is -0.390 e. The molecule has 2 bridgehead atoms. The summed E-state index contributed by atoms with van der Waals surface area (Å²) in [5.41, 5.74) is -0.252. The van der Waals surface area contributed by atoms with Crippen LogP contribution in [0.1, 0.15) is 58.8 Å². The van der Waals surface area contributed by atoms with Gasteiger partial charge in [0, 0.05) is 0 Å². The van der Waals surface area contributed by atoms with Crippen LogP contribution in [0.4, 0.5) is 0 Å². The third kappa shape index (κ3) is 1.98. The summed E-state index contributed by atoms with van der Waals surface area (Å²) >= 11 is 0. The fraction of sp³-hybridized carbons (Fsp3) is 1.00. The summed E-state index contributed by atoms with van der Waals surface area (Å²) in [6.45, 7) is 4.54. The molecule has 14 heavy (non-hydrogen) atoms. The van der Waals surface area contributed by atoms with E-state index in [1.165, 1.54) is 32.1 Å². The summed E-state index contributed by atoms with van der Waals surface area (Å²) in [6.07, 6.45) is 8.66. The van der Waals surface area contributed by atoms with Gasteiger partial charge in [-0.05, 0) is 49.9 Å². The SMILES string of the molecule is CC(C)CCCC1(O)CC2CCC1C2. The van der Waals surface area contributed by atoms with Gasteiger partial charge in [-0.15, -0.1) is 0 Å². The summed E-state index contributed by atoms with van der Waals surface area (Å²) in [7, 11) is 0. The lowest BCUT2D eigenvalue weighted by atomic mass is 9.80. The van der Waals surface area contributed by atoms with E-state index in [2.05, 4.69) is 13.8 Å². The number of hydrogen-bond acceptors (Lipinski definition) is 1. The normalized spacial score (nSPS) is 41.1. The van der Waals surface area contributed by atoms with E-state index in [9.17, 15) is 5.11 Å². The van der Waals surface area contributed by atoms with Gasteiger partial charge in [-0.1, -0.05) is 26.7 Å². The Kier molecular flexibility index (Phi) is 2.88. The van der Waals surface area contributed by atoms with Crippen molar-refractivity contribution in [2.45, 2.75) is 64.4 Å². The van der Waals surface area contributed by atoms with Crippen LogP contribution < -0.4 is 0 Å². The quantitative estimate of drug-likeness (QED) is 0.731. The predicted octanol–water partition coefficient (Wildman–Crippen LogP) is 3.36. The molecule has 0 heterocycles. The average Bonchev–Trinajstić information content (AvgIpc) is 2.62. The Bertz CT molecular complexity index is 199. The number of rotatable bonds is 4. The van der Waals surface area contributed by atoms with Crippen molar-refractivity contribution in [2.75, 3.05) is 0 Å². The molecule has 0 aromatic carbocycles. The summed E-state index contributed by atoms with van der Waals surface area (Å²) in [6, 6.07) is 0. The van der Waals surface area contributed by atoms with E-state index in [1.807, 2.05) is 0 Å². The first-order valence-electron chi connectivity index (χ1n) is 6.32. The summed E-state index contributed by atoms with van der Waals surface area (Å²) < 4.78 is 0. The molecule has 0 aliphatic heterocycles. The van der Waals surface area contributed by atoms with E-state index in [0.717, 1.165) is 24.7 Å². The number of hydrogen-bond donors (Lipinski definition) is 1. The van der Waals surface area contributed by atoms with Crippen LogP contribution in [0.3, 0.4) is 0 Å². The summed E-state index contributed by atoms with van der Waals surface area (Å²) in [5.74, 6) is 2.31. The molecule has 0 radical (unpaired) electrons. The van der Waals surface area contributed by atoms with Gasteiger partial charge in [0.25, 0.3) is 0 Å². The molecule has 1 N–H and O–H groups in total. The van der Waals surface area contributed by atoms with E-state index >= 15 is 0 Å². The second kappa shape index (κ2) is 3.84. The Labute approximate surface area is 87.9 Å². The molecule has 3 unspecified atom stereocenters. The third-order valence-corrected chi connectivity index (χ3v) is 4.33. The number of fused-ring (bicyclic) bond motifs is 2. The van der Waals surface area contributed by atoms with Crippen LogP contribution in [-0.4, -0.2) is 10.7 Å². The van der Waals surface area contributed by atoms with Gasteiger partial charge in [0.05, 0.1) is 5.60 Å². The van der Waals surface area contributed by atoms with Crippen molar-refractivity contribution in [3.05, 3.63) is 0 Å². The third-order valence-electron chi connectivity index (χ3n) is 4.33. The molecule has 2 aliphatic rings. The van der Waals surface area contributed by atoms with Gasteiger partial charge in [0.2, 0.25) is 0 Å². The molecule has 82 valence electrons. The van der Waals surface area contributed by atoms with E-state index in [-0.39, 0.29) is 5.60 Å². The fourth-order valence-corrected chi connectivity index (χ4v) is 3.54. The van der Waals surface area contributed by atoms with E-state index in [0.29, 0.717) is 5.92 Å². The standard InChI is InChI=1S/C13H24O/c1-10(2)4-3-7-13(14)9-11-5-6-12(13)8-11/h10-12,14H,3-9H2,1-2H3. The van der Waals surface area contributed by atoms with Gasteiger partial charge >= 0.3 is 0 Å². The lowest BCUT2D eigenvalue weighted by Gasteiger charge is -2.32.